The first-order chi connectivity index (χ1) is 8.29. The molecular formula is C13H15BrO3. The van der Waals surface area contributed by atoms with Crippen LogP contribution < -0.4 is 4.74 Å². The van der Waals surface area contributed by atoms with Crippen LogP contribution in [0.3, 0.4) is 0 Å². The number of hydrogen-bond acceptors (Lipinski definition) is 3. The lowest BCUT2D eigenvalue weighted by atomic mass is 10.1. The second kappa shape index (κ2) is 6.17. The van der Waals surface area contributed by atoms with Crippen LogP contribution in [0.25, 0.3) is 0 Å². The summed E-state index contributed by atoms with van der Waals surface area (Å²) in [7, 11) is 0. The maximum Gasteiger partial charge on any atom is 0.150 e. The van der Waals surface area contributed by atoms with Gasteiger partial charge in [0.15, 0.2) is 0 Å². The Balaban J connectivity index is 1.91. The van der Waals surface area contributed by atoms with Gasteiger partial charge in [-0.3, -0.25) is 4.79 Å². The van der Waals surface area contributed by atoms with Crippen molar-refractivity contribution in [2.24, 2.45) is 0 Å². The molecule has 0 saturated carbocycles. The highest BCUT2D eigenvalue weighted by Gasteiger charge is 2.15. The smallest absolute Gasteiger partial charge is 0.150 e. The largest absolute Gasteiger partial charge is 0.490 e. The van der Waals surface area contributed by atoms with E-state index >= 15 is 0 Å². The Kier molecular flexibility index (Phi) is 4.57. The first kappa shape index (κ1) is 12.6. The Hall–Kier alpha value is -0.870. The molecule has 1 aromatic carbocycles. The third-order valence-electron chi connectivity index (χ3n) is 2.79. The van der Waals surface area contributed by atoms with E-state index in [0.717, 1.165) is 36.0 Å². The fourth-order valence-corrected chi connectivity index (χ4v) is 2.34. The molecule has 1 heterocycles. The molecule has 0 amide bonds. The lowest BCUT2D eigenvalue weighted by molar-refractivity contribution is -0.0112. The van der Waals surface area contributed by atoms with Crippen LogP contribution >= 0.6 is 15.9 Å². The second-order valence-corrected chi connectivity index (χ2v) is 4.96. The lowest BCUT2D eigenvalue weighted by Crippen LogP contribution is -2.25. The number of carbonyl (C=O) groups is 1. The van der Waals surface area contributed by atoms with Crippen LogP contribution in [0.1, 0.15) is 29.6 Å². The molecule has 0 bridgehead atoms. The van der Waals surface area contributed by atoms with Crippen molar-refractivity contribution in [3.8, 4) is 5.75 Å². The van der Waals surface area contributed by atoms with Gasteiger partial charge >= 0.3 is 0 Å². The number of ether oxygens (including phenoxy) is 2. The van der Waals surface area contributed by atoms with E-state index < -0.39 is 0 Å². The van der Waals surface area contributed by atoms with Gasteiger partial charge in [0.1, 0.15) is 18.6 Å². The molecule has 1 aliphatic rings. The highest BCUT2D eigenvalue weighted by molar-refractivity contribution is 9.10. The van der Waals surface area contributed by atoms with Gasteiger partial charge in [0.05, 0.1) is 10.6 Å². The van der Waals surface area contributed by atoms with E-state index in [1.807, 2.05) is 0 Å². The van der Waals surface area contributed by atoms with Crippen molar-refractivity contribution in [2.75, 3.05) is 13.2 Å². The molecule has 0 aromatic heterocycles. The lowest BCUT2D eigenvalue weighted by Gasteiger charge is -2.22. The monoisotopic (exact) mass is 298 g/mol. The normalized spacial score (nSPS) is 19.9. The van der Waals surface area contributed by atoms with E-state index in [4.69, 9.17) is 9.47 Å². The highest BCUT2D eigenvalue weighted by Crippen LogP contribution is 2.26. The van der Waals surface area contributed by atoms with Gasteiger partial charge in [0.2, 0.25) is 0 Å². The summed E-state index contributed by atoms with van der Waals surface area (Å²) >= 11 is 3.39. The maximum atomic E-state index is 10.6. The molecule has 2 rings (SSSR count). The van der Waals surface area contributed by atoms with E-state index in [-0.39, 0.29) is 6.10 Å². The summed E-state index contributed by atoms with van der Waals surface area (Å²) in [5.74, 6) is 0.754. The molecule has 3 nitrogen and oxygen atoms in total. The topological polar surface area (TPSA) is 35.5 Å². The van der Waals surface area contributed by atoms with Gasteiger partial charge in [-0.25, -0.2) is 0 Å². The average Bonchev–Trinajstić information content (AvgIpc) is 2.38. The molecule has 1 atom stereocenters. The van der Waals surface area contributed by atoms with E-state index in [0.29, 0.717) is 12.2 Å². The summed E-state index contributed by atoms with van der Waals surface area (Å²) < 4.78 is 12.1. The Morgan fingerprint density at radius 3 is 3.00 bits per heavy atom. The molecule has 0 aliphatic carbocycles. The number of carbonyl (C=O) groups excluding carboxylic acids is 1. The summed E-state index contributed by atoms with van der Waals surface area (Å²) in [6, 6.07) is 5.30. The van der Waals surface area contributed by atoms with E-state index in [1.165, 1.54) is 6.42 Å². The Labute approximate surface area is 109 Å². The summed E-state index contributed by atoms with van der Waals surface area (Å²) in [6.45, 7) is 1.40. The number of benzene rings is 1. The zero-order chi connectivity index (χ0) is 12.1. The minimum Gasteiger partial charge on any atom is -0.490 e. The molecule has 1 fully saturated rings. The Morgan fingerprint density at radius 1 is 1.47 bits per heavy atom. The van der Waals surface area contributed by atoms with Crippen LogP contribution in [-0.2, 0) is 4.74 Å². The van der Waals surface area contributed by atoms with Crippen molar-refractivity contribution in [1.82, 2.24) is 0 Å². The molecule has 92 valence electrons. The van der Waals surface area contributed by atoms with E-state index in [2.05, 4.69) is 15.9 Å². The summed E-state index contributed by atoms with van der Waals surface area (Å²) in [5.41, 5.74) is 0.637. The van der Waals surface area contributed by atoms with E-state index in [9.17, 15) is 4.79 Å². The van der Waals surface area contributed by atoms with Gasteiger partial charge in [0, 0.05) is 12.2 Å². The van der Waals surface area contributed by atoms with E-state index in [1.54, 1.807) is 18.2 Å². The van der Waals surface area contributed by atoms with Crippen molar-refractivity contribution in [3.05, 3.63) is 28.2 Å². The molecular weight excluding hydrogens is 284 g/mol. The molecule has 1 aromatic rings. The minimum atomic E-state index is 0.196. The van der Waals surface area contributed by atoms with Gasteiger partial charge in [-0.05, 0) is 53.4 Å². The zero-order valence-electron chi connectivity index (χ0n) is 9.52. The number of rotatable bonds is 4. The average molecular weight is 299 g/mol. The second-order valence-electron chi connectivity index (χ2n) is 4.11. The van der Waals surface area contributed by atoms with Crippen LogP contribution in [0.5, 0.6) is 5.75 Å². The van der Waals surface area contributed by atoms with Crippen molar-refractivity contribution in [1.29, 1.82) is 0 Å². The molecule has 4 heteroatoms. The fraction of sp³-hybridized carbons (Fsp3) is 0.462. The SMILES string of the molecule is O=Cc1ccc(OC[C@@H]2CCCCO2)c(Br)c1. The van der Waals surface area contributed by atoms with Crippen molar-refractivity contribution < 1.29 is 14.3 Å². The summed E-state index contributed by atoms with van der Waals surface area (Å²) in [6.07, 6.45) is 4.43. The molecule has 1 aliphatic heterocycles. The van der Waals surface area contributed by atoms with Crippen LogP contribution in [0.15, 0.2) is 22.7 Å². The van der Waals surface area contributed by atoms with Crippen molar-refractivity contribution >= 4 is 22.2 Å². The minimum absolute atomic E-state index is 0.196. The van der Waals surface area contributed by atoms with Gasteiger partial charge in [-0.1, -0.05) is 0 Å². The Bertz CT molecular complexity index is 386. The number of aldehydes is 1. The number of hydrogen-bond donors (Lipinski definition) is 0. The van der Waals surface area contributed by atoms with Gasteiger partial charge in [-0.2, -0.15) is 0 Å². The summed E-state index contributed by atoms with van der Waals surface area (Å²) in [4.78, 5) is 10.6. The highest BCUT2D eigenvalue weighted by atomic mass is 79.9. The van der Waals surface area contributed by atoms with Gasteiger partial charge < -0.3 is 9.47 Å². The predicted molar refractivity (Wildman–Crippen MR) is 68.6 cm³/mol. The maximum absolute atomic E-state index is 10.6. The van der Waals surface area contributed by atoms with Crippen molar-refractivity contribution in [3.63, 3.8) is 0 Å². The fourth-order valence-electron chi connectivity index (χ4n) is 1.83. The third-order valence-corrected chi connectivity index (χ3v) is 3.41. The third kappa shape index (κ3) is 3.54. The molecule has 0 spiro atoms. The molecule has 1 saturated heterocycles. The molecule has 17 heavy (non-hydrogen) atoms. The van der Waals surface area contributed by atoms with Gasteiger partial charge in [0.25, 0.3) is 0 Å². The number of halogens is 1. The van der Waals surface area contributed by atoms with Crippen LogP contribution in [0, 0.1) is 0 Å². The van der Waals surface area contributed by atoms with Crippen LogP contribution in [-0.4, -0.2) is 25.6 Å². The van der Waals surface area contributed by atoms with Gasteiger partial charge in [-0.15, -0.1) is 0 Å². The van der Waals surface area contributed by atoms with Crippen molar-refractivity contribution in [2.45, 2.75) is 25.4 Å². The predicted octanol–water partition coefficient (Wildman–Crippen LogP) is 3.21. The molecule has 0 N–H and O–H groups in total. The van der Waals surface area contributed by atoms with Crippen LogP contribution in [0.4, 0.5) is 0 Å². The first-order valence-corrected chi connectivity index (χ1v) is 6.58. The molecule has 0 unspecified atom stereocenters. The van der Waals surface area contributed by atoms with Crippen LogP contribution in [0.2, 0.25) is 0 Å². The zero-order valence-corrected chi connectivity index (χ0v) is 11.1. The Morgan fingerprint density at radius 2 is 2.35 bits per heavy atom. The standard InChI is InChI=1S/C13H15BrO3/c14-12-7-10(8-15)4-5-13(12)17-9-11-3-1-2-6-16-11/h4-5,7-8,11H,1-3,6,9H2/t11-/m0/s1. The first-order valence-electron chi connectivity index (χ1n) is 5.79. The summed E-state index contributed by atoms with van der Waals surface area (Å²) in [5, 5.41) is 0. The quantitative estimate of drug-likeness (QED) is 0.801. The molecule has 0 radical (unpaired) electrons.